The van der Waals surface area contributed by atoms with Crippen LogP contribution in [0.15, 0.2) is 60.8 Å². The highest BCUT2D eigenvalue weighted by Gasteiger charge is 2.11. The molecule has 150 valence electrons. The average molecular weight is 393 g/mol. The summed E-state index contributed by atoms with van der Waals surface area (Å²) in [5.74, 6) is 2.35. The second-order valence-corrected chi connectivity index (χ2v) is 6.12. The highest BCUT2D eigenvalue weighted by atomic mass is 16.5. The Morgan fingerprint density at radius 2 is 1.72 bits per heavy atom. The van der Waals surface area contributed by atoms with Gasteiger partial charge in [-0.1, -0.05) is 18.2 Å². The van der Waals surface area contributed by atoms with Gasteiger partial charge in [0.15, 0.2) is 0 Å². The molecule has 0 fully saturated rings. The fourth-order valence-electron chi connectivity index (χ4n) is 2.76. The fourth-order valence-corrected chi connectivity index (χ4v) is 2.76. The van der Waals surface area contributed by atoms with E-state index in [0.717, 1.165) is 11.3 Å². The molecule has 2 N–H and O–H groups in total. The number of rotatable bonds is 8. The summed E-state index contributed by atoms with van der Waals surface area (Å²) in [6.45, 7) is 0.561. The SMILES string of the molecule is COc1ccc(NC(=O)c2ccc(NCc3ccccc3OC)nc2)c(OC)c1. The molecule has 0 radical (unpaired) electrons. The number of methoxy groups -OCH3 is 3. The summed E-state index contributed by atoms with van der Waals surface area (Å²) in [6, 6.07) is 16.4. The first-order valence-electron chi connectivity index (χ1n) is 8.99. The highest BCUT2D eigenvalue weighted by molar-refractivity contribution is 6.05. The van der Waals surface area contributed by atoms with Gasteiger partial charge in [-0.3, -0.25) is 4.79 Å². The van der Waals surface area contributed by atoms with Crippen LogP contribution in [0.1, 0.15) is 15.9 Å². The Morgan fingerprint density at radius 3 is 2.41 bits per heavy atom. The second-order valence-electron chi connectivity index (χ2n) is 6.12. The summed E-state index contributed by atoms with van der Waals surface area (Å²) in [6.07, 6.45) is 1.52. The van der Waals surface area contributed by atoms with Crippen LogP contribution in [0.4, 0.5) is 11.5 Å². The number of hydrogen-bond acceptors (Lipinski definition) is 6. The molecule has 7 nitrogen and oxygen atoms in total. The summed E-state index contributed by atoms with van der Waals surface area (Å²) in [5.41, 5.74) is 2.01. The normalized spacial score (nSPS) is 10.2. The summed E-state index contributed by atoms with van der Waals surface area (Å²) in [4.78, 5) is 16.9. The molecule has 2 aromatic carbocycles. The number of carbonyl (C=O) groups excluding carboxylic acids is 1. The highest BCUT2D eigenvalue weighted by Crippen LogP contribution is 2.29. The van der Waals surface area contributed by atoms with Crippen molar-refractivity contribution in [3.8, 4) is 17.2 Å². The van der Waals surface area contributed by atoms with E-state index in [1.54, 1.807) is 44.6 Å². The Morgan fingerprint density at radius 1 is 0.931 bits per heavy atom. The van der Waals surface area contributed by atoms with Crippen LogP contribution >= 0.6 is 0 Å². The van der Waals surface area contributed by atoms with Gasteiger partial charge in [0.1, 0.15) is 23.1 Å². The number of pyridine rings is 1. The van der Waals surface area contributed by atoms with Crippen LogP contribution in [0.25, 0.3) is 0 Å². The summed E-state index contributed by atoms with van der Waals surface area (Å²) >= 11 is 0. The van der Waals surface area contributed by atoms with Gasteiger partial charge in [0.2, 0.25) is 0 Å². The Labute approximate surface area is 169 Å². The molecule has 0 bridgehead atoms. The maximum atomic E-state index is 12.5. The van der Waals surface area contributed by atoms with Crippen molar-refractivity contribution in [1.82, 2.24) is 4.98 Å². The number of aromatic nitrogens is 1. The molecule has 0 aliphatic carbocycles. The van der Waals surface area contributed by atoms with E-state index in [1.165, 1.54) is 13.3 Å². The zero-order valence-corrected chi connectivity index (χ0v) is 16.6. The van der Waals surface area contributed by atoms with E-state index in [2.05, 4.69) is 15.6 Å². The number of carbonyl (C=O) groups is 1. The molecule has 1 aromatic heterocycles. The number of anilines is 2. The molecule has 3 aromatic rings. The van der Waals surface area contributed by atoms with E-state index in [1.807, 2.05) is 24.3 Å². The van der Waals surface area contributed by atoms with E-state index in [4.69, 9.17) is 14.2 Å². The van der Waals surface area contributed by atoms with Gasteiger partial charge in [0.25, 0.3) is 5.91 Å². The molecule has 7 heteroatoms. The summed E-state index contributed by atoms with van der Waals surface area (Å²) in [5, 5.41) is 6.05. The standard InChI is InChI=1S/C22H23N3O4/c1-27-17-9-10-18(20(12-17)29-3)25-22(26)16-8-11-21(24-14-16)23-13-15-6-4-5-7-19(15)28-2/h4-12,14H,13H2,1-3H3,(H,23,24)(H,25,26). The third-order valence-corrected chi connectivity index (χ3v) is 4.34. The van der Waals surface area contributed by atoms with Gasteiger partial charge >= 0.3 is 0 Å². The maximum absolute atomic E-state index is 12.5. The van der Waals surface area contributed by atoms with Crippen LogP contribution in [-0.4, -0.2) is 32.2 Å². The Balaban J connectivity index is 1.64. The maximum Gasteiger partial charge on any atom is 0.257 e. The zero-order valence-electron chi connectivity index (χ0n) is 16.6. The molecule has 29 heavy (non-hydrogen) atoms. The van der Waals surface area contributed by atoms with Crippen LogP contribution in [0.5, 0.6) is 17.2 Å². The number of nitrogens with one attached hydrogen (secondary N) is 2. The smallest absolute Gasteiger partial charge is 0.257 e. The largest absolute Gasteiger partial charge is 0.497 e. The van der Waals surface area contributed by atoms with E-state index < -0.39 is 0 Å². The predicted molar refractivity (Wildman–Crippen MR) is 112 cm³/mol. The molecule has 1 amide bonds. The van der Waals surface area contributed by atoms with Crippen molar-refractivity contribution >= 4 is 17.4 Å². The first-order chi connectivity index (χ1) is 14.1. The van der Waals surface area contributed by atoms with Gasteiger partial charge in [0, 0.05) is 24.4 Å². The number of para-hydroxylation sites is 1. The number of benzene rings is 2. The summed E-state index contributed by atoms with van der Waals surface area (Å²) < 4.78 is 15.8. The van der Waals surface area contributed by atoms with Gasteiger partial charge in [-0.15, -0.1) is 0 Å². The molecule has 0 unspecified atom stereocenters. The molecule has 1 heterocycles. The molecule has 0 atom stereocenters. The van der Waals surface area contributed by atoms with Crippen molar-refractivity contribution in [2.75, 3.05) is 32.0 Å². The van der Waals surface area contributed by atoms with Crippen molar-refractivity contribution < 1.29 is 19.0 Å². The lowest BCUT2D eigenvalue weighted by Gasteiger charge is -2.12. The first kappa shape index (κ1) is 20.0. The third-order valence-electron chi connectivity index (χ3n) is 4.34. The van der Waals surface area contributed by atoms with Gasteiger partial charge in [-0.2, -0.15) is 0 Å². The van der Waals surface area contributed by atoms with Gasteiger partial charge in [-0.05, 0) is 30.3 Å². The Kier molecular flexibility index (Phi) is 6.52. The van der Waals surface area contributed by atoms with Crippen molar-refractivity contribution in [2.24, 2.45) is 0 Å². The van der Waals surface area contributed by atoms with Crippen LogP contribution in [0, 0.1) is 0 Å². The fraction of sp³-hybridized carbons (Fsp3) is 0.182. The molecule has 0 aliphatic rings. The zero-order chi connectivity index (χ0) is 20.6. The van der Waals surface area contributed by atoms with Gasteiger partial charge in [0.05, 0.1) is 32.6 Å². The topological polar surface area (TPSA) is 81.7 Å². The van der Waals surface area contributed by atoms with Gasteiger partial charge in [-0.25, -0.2) is 4.98 Å². The minimum atomic E-state index is -0.280. The second kappa shape index (κ2) is 9.45. The lowest BCUT2D eigenvalue weighted by molar-refractivity contribution is 0.102. The Hall–Kier alpha value is -3.74. The molecular weight excluding hydrogens is 370 g/mol. The van der Waals surface area contributed by atoms with Crippen molar-refractivity contribution in [1.29, 1.82) is 0 Å². The minimum absolute atomic E-state index is 0.280. The molecular formula is C22H23N3O4. The van der Waals surface area contributed by atoms with E-state index in [9.17, 15) is 4.79 Å². The predicted octanol–water partition coefficient (Wildman–Crippen LogP) is 3.97. The Bertz CT molecular complexity index is 974. The van der Waals surface area contributed by atoms with Crippen LogP contribution < -0.4 is 24.8 Å². The van der Waals surface area contributed by atoms with Crippen molar-refractivity contribution in [3.63, 3.8) is 0 Å². The van der Waals surface area contributed by atoms with E-state index in [-0.39, 0.29) is 5.91 Å². The van der Waals surface area contributed by atoms with Gasteiger partial charge < -0.3 is 24.8 Å². The number of ether oxygens (including phenoxy) is 3. The lowest BCUT2D eigenvalue weighted by Crippen LogP contribution is -2.13. The number of hydrogen-bond donors (Lipinski definition) is 2. The quantitative estimate of drug-likeness (QED) is 0.603. The molecule has 3 rings (SSSR count). The number of amides is 1. The van der Waals surface area contributed by atoms with Crippen molar-refractivity contribution in [2.45, 2.75) is 6.54 Å². The van der Waals surface area contributed by atoms with Crippen LogP contribution in [0.3, 0.4) is 0 Å². The average Bonchev–Trinajstić information content (AvgIpc) is 2.78. The number of nitrogens with zero attached hydrogens (tertiary/aromatic N) is 1. The third kappa shape index (κ3) is 4.95. The lowest BCUT2D eigenvalue weighted by atomic mass is 10.2. The monoisotopic (exact) mass is 393 g/mol. The minimum Gasteiger partial charge on any atom is -0.497 e. The molecule has 0 saturated heterocycles. The van der Waals surface area contributed by atoms with Crippen molar-refractivity contribution in [3.05, 3.63) is 71.9 Å². The van der Waals surface area contributed by atoms with Crippen LogP contribution in [-0.2, 0) is 6.54 Å². The van der Waals surface area contributed by atoms with E-state index >= 15 is 0 Å². The summed E-state index contributed by atoms with van der Waals surface area (Å²) in [7, 11) is 4.75. The van der Waals surface area contributed by atoms with E-state index in [0.29, 0.717) is 35.1 Å². The first-order valence-corrected chi connectivity index (χ1v) is 8.99. The molecule has 0 saturated carbocycles. The van der Waals surface area contributed by atoms with Crippen LogP contribution in [0.2, 0.25) is 0 Å². The molecule has 0 aliphatic heterocycles. The molecule has 0 spiro atoms.